The van der Waals surface area contributed by atoms with Crippen molar-refractivity contribution in [3.8, 4) is 11.5 Å². The first-order valence-corrected chi connectivity index (χ1v) is 12.8. The van der Waals surface area contributed by atoms with Crippen molar-refractivity contribution in [2.45, 2.75) is 66.6 Å². The maximum Gasteiger partial charge on any atom is 0.312 e. The second-order valence-electron chi connectivity index (χ2n) is 9.41. The van der Waals surface area contributed by atoms with Gasteiger partial charge in [-0.25, -0.2) is 0 Å². The normalized spacial score (nSPS) is 19.2. The van der Waals surface area contributed by atoms with Crippen molar-refractivity contribution >= 4 is 23.3 Å². The summed E-state index contributed by atoms with van der Waals surface area (Å²) in [6.07, 6.45) is 12.0. The highest BCUT2D eigenvalue weighted by atomic mass is 16.7. The molecular weight excluding hydrogens is 502 g/mol. The fraction of sp³-hybridized carbons (Fsp3) is 0.400. The highest BCUT2D eigenvalue weighted by Gasteiger charge is 2.51. The van der Waals surface area contributed by atoms with Gasteiger partial charge in [-0.1, -0.05) is 51.8 Å². The molecule has 0 saturated carbocycles. The average molecular weight is 540 g/mol. The number of hydrogen-bond donors (Lipinski definition) is 3. The van der Waals surface area contributed by atoms with Crippen molar-refractivity contribution in [3.05, 3.63) is 70.2 Å². The van der Waals surface area contributed by atoms with E-state index in [1.165, 1.54) is 20.1 Å². The highest BCUT2D eigenvalue weighted by molar-refractivity contribution is 6.30. The summed E-state index contributed by atoms with van der Waals surface area (Å²) in [7, 11) is 1.00. The Morgan fingerprint density at radius 3 is 2.46 bits per heavy atom. The zero-order chi connectivity index (χ0) is 29.5. The molecule has 0 fully saturated rings. The number of Topliss-reactive ketones (excluding diaryl/α,β-unsaturated/α-hetero) is 2. The summed E-state index contributed by atoms with van der Waals surface area (Å²) >= 11 is 0. The Labute approximate surface area is 228 Å². The molecule has 1 aromatic carbocycles. The van der Waals surface area contributed by atoms with E-state index in [4.69, 9.17) is 14.6 Å². The molecule has 2 aliphatic rings. The number of carbonyl (C=O) groups is 4. The first-order chi connectivity index (χ1) is 18.5. The number of rotatable bonds is 9. The lowest BCUT2D eigenvalue weighted by Crippen LogP contribution is -2.38. The van der Waals surface area contributed by atoms with Gasteiger partial charge in [0.15, 0.2) is 5.78 Å². The smallest absolute Gasteiger partial charge is 0.312 e. The monoisotopic (exact) mass is 539 g/mol. The van der Waals surface area contributed by atoms with Crippen molar-refractivity contribution in [1.82, 2.24) is 5.32 Å². The number of ketones is 3. The van der Waals surface area contributed by atoms with Crippen LogP contribution in [0.1, 0.15) is 90.5 Å². The molecule has 0 aromatic heterocycles. The molecule has 0 radical (unpaired) electrons. The SMILES string of the molecule is CCC/C=C/O[C@@]1(C)Oc2c(C)c(O)c3c(c2C1=O)C(=O)C=C(NC(=O)/C(C)=C\C=C\C(C)CC)C3=O.CO. The van der Waals surface area contributed by atoms with Gasteiger partial charge in [-0.3, -0.25) is 19.2 Å². The number of aliphatic hydroxyl groups excluding tert-OH is 1. The molecule has 210 valence electrons. The van der Waals surface area contributed by atoms with Crippen molar-refractivity contribution in [1.29, 1.82) is 0 Å². The zero-order valence-corrected chi connectivity index (χ0v) is 23.5. The Morgan fingerprint density at radius 2 is 1.85 bits per heavy atom. The number of aliphatic hydroxyl groups is 1. The Kier molecular flexibility index (Phi) is 10.6. The number of nitrogens with one attached hydrogen (secondary N) is 1. The number of phenolic OH excluding ortho intramolecular Hbond substituents is 1. The molecule has 1 aliphatic carbocycles. The number of phenols is 1. The summed E-state index contributed by atoms with van der Waals surface area (Å²) in [6.45, 7) is 10.6. The van der Waals surface area contributed by atoms with Crippen LogP contribution in [0.15, 0.2) is 47.9 Å². The standard InChI is InChI=1S/C29H33NO7.CH4O/c1-7-9-10-14-36-29(6)27(34)23-21-20(31)15-19(25(33)22(21)24(32)18(5)26(23)37-29)30-28(35)17(4)13-11-12-16(3)8-2;1-2/h10-16,32H,7-9H2,1-6H3,(H,30,35);2H,1H3/b12-11+,14-10+,17-13-;/t16?,29-;/m0./s1. The van der Waals surface area contributed by atoms with E-state index in [1.807, 2.05) is 19.9 Å². The summed E-state index contributed by atoms with van der Waals surface area (Å²) in [6, 6.07) is 0. The van der Waals surface area contributed by atoms with E-state index in [0.29, 0.717) is 11.5 Å². The van der Waals surface area contributed by atoms with Crippen molar-refractivity contribution < 1.29 is 38.9 Å². The van der Waals surface area contributed by atoms with Gasteiger partial charge in [-0.05, 0) is 32.3 Å². The topological polar surface area (TPSA) is 139 Å². The lowest BCUT2D eigenvalue weighted by molar-refractivity contribution is -0.116. The second kappa shape index (κ2) is 13.2. The molecule has 1 unspecified atom stereocenters. The number of fused-ring (bicyclic) bond motifs is 3. The number of hydrogen-bond acceptors (Lipinski definition) is 8. The Morgan fingerprint density at radius 1 is 1.18 bits per heavy atom. The van der Waals surface area contributed by atoms with Crippen LogP contribution in [0.2, 0.25) is 0 Å². The molecule has 9 nitrogen and oxygen atoms in total. The number of benzene rings is 1. The van der Waals surface area contributed by atoms with E-state index in [2.05, 4.69) is 12.2 Å². The van der Waals surface area contributed by atoms with Crippen LogP contribution in [-0.2, 0) is 9.53 Å². The van der Waals surface area contributed by atoms with Gasteiger partial charge in [-0.2, -0.15) is 0 Å². The van der Waals surface area contributed by atoms with Gasteiger partial charge in [0, 0.05) is 31.2 Å². The van der Waals surface area contributed by atoms with Crippen LogP contribution >= 0.6 is 0 Å². The largest absolute Gasteiger partial charge is 0.507 e. The number of aromatic hydroxyl groups is 1. The fourth-order valence-electron chi connectivity index (χ4n) is 3.93. The molecule has 1 heterocycles. The quantitative estimate of drug-likeness (QED) is 0.230. The summed E-state index contributed by atoms with van der Waals surface area (Å²) in [4.78, 5) is 52.5. The number of allylic oxidation sites excluding steroid dienone is 6. The van der Waals surface area contributed by atoms with Gasteiger partial charge >= 0.3 is 5.79 Å². The third kappa shape index (κ3) is 6.37. The maximum absolute atomic E-state index is 13.4. The molecular formula is C30H37NO8. The van der Waals surface area contributed by atoms with Gasteiger partial charge in [-0.15, -0.1) is 0 Å². The summed E-state index contributed by atoms with van der Waals surface area (Å²) in [5.74, 6) is -4.61. The maximum atomic E-state index is 13.4. The van der Waals surface area contributed by atoms with E-state index in [-0.39, 0.29) is 33.7 Å². The highest BCUT2D eigenvalue weighted by Crippen LogP contribution is 2.47. The van der Waals surface area contributed by atoms with Crippen molar-refractivity contribution in [2.75, 3.05) is 7.11 Å². The molecule has 1 aromatic rings. The average Bonchev–Trinajstić information content (AvgIpc) is 3.18. The minimum Gasteiger partial charge on any atom is -0.507 e. The molecule has 1 aliphatic heterocycles. The Hall–Kier alpha value is -3.98. The molecule has 3 N–H and O–H groups in total. The Bertz CT molecular complexity index is 1280. The molecule has 2 atom stereocenters. The van der Waals surface area contributed by atoms with Crippen molar-refractivity contribution in [3.63, 3.8) is 0 Å². The van der Waals surface area contributed by atoms with Crippen LogP contribution in [0.25, 0.3) is 0 Å². The minimum atomic E-state index is -1.76. The van der Waals surface area contributed by atoms with Crippen molar-refractivity contribution in [2.24, 2.45) is 5.92 Å². The van der Waals surface area contributed by atoms with Crippen LogP contribution in [-0.4, -0.2) is 46.4 Å². The van der Waals surface area contributed by atoms with Gasteiger partial charge in [0.1, 0.15) is 11.5 Å². The first kappa shape index (κ1) is 31.2. The fourth-order valence-corrected chi connectivity index (χ4v) is 3.93. The lowest BCUT2D eigenvalue weighted by Gasteiger charge is -2.21. The molecule has 0 bridgehead atoms. The molecule has 0 spiro atoms. The summed E-state index contributed by atoms with van der Waals surface area (Å²) in [5.41, 5.74) is -0.577. The van der Waals surface area contributed by atoms with Crippen LogP contribution in [0.3, 0.4) is 0 Å². The molecule has 0 saturated heterocycles. The van der Waals surface area contributed by atoms with E-state index in [9.17, 15) is 24.3 Å². The third-order valence-corrected chi connectivity index (χ3v) is 6.47. The Balaban J connectivity index is 0.00000260. The second-order valence-corrected chi connectivity index (χ2v) is 9.41. The van der Waals surface area contributed by atoms with Crippen LogP contribution in [0.5, 0.6) is 11.5 Å². The molecule has 3 rings (SSSR count). The lowest BCUT2D eigenvalue weighted by atomic mass is 9.84. The van der Waals surface area contributed by atoms with E-state index in [0.717, 1.165) is 32.4 Å². The number of unbranched alkanes of at least 4 members (excludes halogenated alkanes) is 1. The van der Waals surface area contributed by atoms with Gasteiger partial charge in [0.05, 0.1) is 28.6 Å². The number of ether oxygens (including phenoxy) is 2. The van der Waals surface area contributed by atoms with Crippen LogP contribution < -0.4 is 10.1 Å². The third-order valence-electron chi connectivity index (χ3n) is 6.47. The predicted molar refractivity (Wildman–Crippen MR) is 147 cm³/mol. The van der Waals surface area contributed by atoms with E-state index in [1.54, 1.807) is 25.2 Å². The summed E-state index contributed by atoms with van der Waals surface area (Å²) < 4.78 is 11.4. The van der Waals surface area contributed by atoms with E-state index < -0.39 is 34.8 Å². The first-order valence-electron chi connectivity index (χ1n) is 12.8. The van der Waals surface area contributed by atoms with Gasteiger partial charge in [0.25, 0.3) is 11.7 Å². The van der Waals surface area contributed by atoms with Gasteiger partial charge in [0.2, 0.25) is 5.78 Å². The predicted octanol–water partition coefficient (Wildman–Crippen LogP) is 4.86. The number of carbonyl (C=O) groups excluding carboxylic acids is 4. The zero-order valence-electron chi connectivity index (χ0n) is 23.5. The van der Waals surface area contributed by atoms with Crippen LogP contribution in [0.4, 0.5) is 0 Å². The summed E-state index contributed by atoms with van der Waals surface area (Å²) in [5, 5.41) is 20.3. The van der Waals surface area contributed by atoms with Crippen LogP contribution in [0, 0.1) is 12.8 Å². The molecule has 9 heteroatoms. The number of amides is 1. The van der Waals surface area contributed by atoms with Gasteiger partial charge < -0.3 is 25.0 Å². The van der Waals surface area contributed by atoms with E-state index >= 15 is 0 Å². The minimum absolute atomic E-state index is 0.0125. The molecule has 1 amide bonds. The molecule has 39 heavy (non-hydrogen) atoms.